The van der Waals surface area contributed by atoms with Crippen LogP contribution in [0.4, 0.5) is 5.82 Å². The zero-order valence-electron chi connectivity index (χ0n) is 17.6. The molecular formula is C27H24N2O3. The van der Waals surface area contributed by atoms with Crippen LogP contribution in [0.2, 0.25) is 0 Å². The third-order valence-electron chi connectivity index (χ3n) is 6.12. The van der Waals surface area contributed by atoms with Crippen molar-refractivity contribution in [1.29, 1.82) is 0 Å². The Morgan fingerprint density at radius 3 is 2.75 bits per heavy atom. The highest BCUT2D eigenvalue weighted by molar-refractivity contribution is 5.94. The average molecular weight is 425 g/mol. The molecule has 1 atom stereocenters. The molecule has 0 radical (unpaired) electrons. The Labute approximate surface area is 186 Å². The van der Waals surface area contributed by atoms with Crippen LogP contribution in [0.1, 0.15) is 35.6 Å². The van der Waals surface area contributed by atoms with E-state index in [1.807, 2.05) is 30.3 Å². The molecule has 0 aliphatic heterocycles. The van der Waals surface area contributed by atoms with Crippen LogP contribution < -0.4 is 10.5 Å². The van der Waals surface area contributed by atoms with Gasteiger partial charge in [0, 0.05) is 17.1 Å². The number of carboxylic acids is 1. The van der Waals surface area contributed by atoms with Crippen molar-refractivity contribution in [2.75, 3.05) is 5.73 Å². The molecule has 32 heavy (non-hydrogen) atoms. The molecule has 1 aromatic heterocycles. The lowest BCUT2D eigenvalue weighted by atomic mass is 9.86. The Hall–Kier alpha value is -3.86. The van der Waals surface area contributed by atoms with Crippen molar-refractivity contribution in [3.05, 3.63) is 89.6 Å². The van der Waals surface area contributed by atoms with Crippen LogP contribution in [0.15, 0.2) is 72.9 Å². The standard InChI is InChI=1S/C27H24N2O3/c28-27-23-15-20(11-9-18(23)12-13-29-27)19-10-8-17-5-3-7-25(22(17)14-19)32-24-6-2-1-4-21(24)16-26(30)31/h1-2,4,6,8-15,25H,3,5,7,16H2,(H2,28,29)(H,30,31). The van der Waals surface area contributed by atoms with Gasteiger partial charge in [-0.1, -0.05) is 42.5 Å². The van der Waals surface area contributed by atoms with Crippen LogP contribution >= 0.6 is 0 Å². The highest BCUT2D eigenvalue weighted by Gasteiger charge is 2.23. The van der Waals surface area contributed by atoms with Gasteiger partial charge in [-0.3, -0.25) is 4.79 Å². The van der Waals surface area contributed by atoms with Gasteiger partial charge in [-0.05, 0) is 71.2 Å². The molecule has 5 nitrogen and oxygen atoms in total. The smallest absolute Gasteiger partial charge is 0.307 e. The molecule has 0 saturated carbocycles. The zero-order chi connectivity index (χ0) is 22.1. The molecule has 4 aromatic rings. The lowest BCUT2D eigenvalue weighted by Crippen LogP contribution is -2.16. The van der Waals surface area contributed by atoms with Gasteiger partial charge in [0.05, 0.1) is 6.42 Å². The molecule has 3 N–H and O–H groups in total. The molecule has 160 valence electrons. The average Bonchev–Trinajstić information content (AvgIpc) is 2.80. The molecule has 1 aliphatic rings. The largest absolute Gasteiger partial charge is 0.485 e. The van der Waals surface area contributed by atoms with Gasteiger partial charge in [0.2, 0.25) is 0 Å². The summed E-state index contributed by atoms with van der Waals surface area (Å²) >= 11 is 0. The number of hydrogen-bond donors (Lipinski definition) is 2. The summed E-state index contributed by atoms with van der Waals surface area (Å²) in [4.78, 5) is 15.5. The van der Waals surface area contributed by atoms with Gasteiger partial charge in [0.25, 0.3) is 0 Å². The van der Waals surface area contributed by atoms with Crippen molar-refractivity contribution in [1.82, 2.24) is 4.98 Å². The van der Waals surface area contributed by atoms with Crippen LogP contribution in [0.5, 0.6) is 5.75 Å². The fourth-order valence-electron chi connectivity index (χ4n) is 4.51. The van der Waals surface area contributed by atoms with Crippen molar-refractivity contribution < 1.29 is 14.6 Å². The van der Waals surface area contributed by atoms with E-state index in [1.165, 1.54) is 5.56 Å². The third-order valence-corrected chi connectivity index (χ3v) is 6.12. The number of aryl methyl sites for hydroxylation is 1. The van der Waals surface area contributed by atoms with Crippen molar-refractivity contribution in [3.63, 3.8) is 0 Å². The van der Waals surface area contributed by atoms with E-state index in [0.29, 0.717) is 17.1 Å². The number of para-hydroxylation sites is 1. The predicted molar refractivity (Wildman–Crippen MR) is 126 cm³/mol. The molecule has 0 bridgehead atoms. The summed E-state index contributed by atoms with van der Waals surface area (Å²) in [6, 6.07) is 22.1. The minimum absolute atomic E-state index is 0.0532. The van der Waals surface area contributed by atoms with Gasteiger partial charge in [-0.25, -0.2) is 4.98 Å². The van der Waals surface area contributed by atoms with Crippen LogP contribution in [-0.2, 0) is 17.6 Å². The number of anilines is 1. The normalized spacial score (nSPS) is 15.3. The summed E-state index contributed by atoms with van der Waals surface area (Å²) in [6.07, 6.45) is 4.51. The molecule has 3 aromatic carbocycles. The quantitative estimate of drug-likeness (QED) is 0.438. The Bertz CT molecular complexity index is 1320. The second-order valence-electron chi connectivity index (χ2n) is 8.22. The Balaban J connectivity index is 1.51. The molecular weight excluding hydrogens is 400 g/mol. The highest BCUT2D eigenvalue weighted by atomic mass is 16.5. The highest BCUT2D eigenvalue weighted by Crippen LogP contribution is 2.37. The van der Waals surface area contributed by atoms with Gasteiger partial charge >= 0.3 is 5.97 Å². The zero-order valence-corrected chi connectivity index (χ0v) is 17.6. The number of rotatable bonds is 5. The van der Waals surface area contributed by atoms with Gasteiger partial charge in [-0.15, -0.1) is 0 Å². The number of nitrogens with zero attached hydrogens (tertiary/aromatic N) is 1. The number of aliphatic carboxylic acids is 1. The number of aromatic nitrogens is 1. The summed E-state index contributed by atoms with van der Waals surface area (Å²) in [6.45, 7) is 0. The van der Waals surface area contributed by atoms with Crippen LogP contribution in [-0.4, -0.2) is 16.1 Å². The van der Waals surface area contributed by atoms with E-state index in [1.54, 1.807) is 6.20 Å². The van der Waals surface area contributed by atoms with Crippen LogP contribution in [0.3, 0.4) is 0 Å². The van der Waals surface area contributed by atoms with Crippen molar-refractivity contribution in [3.8, 4) is 16.9 Å². The first-order valence-electron chi connectivity index (χ1n) is 10.8. The SMILES string of the molecule is Nc1nccc2ccc(-c3ccc4c(c3)C(Oc3ccccc3CC(=O)O)CCC4)cc12. The van der Waals surface area contributed by atoms with Crippen molar-refractivity contribution in [2.24, 2.45) is 0 Å². The van der Waals surface area contributed by atoms with E-state index in [0.717, 1.165) is 46.7 Å². The number of ether oxygens (including phenoxy) is 1. The fourth-order valence-corrected chi connectivity index (χ4v) is 4.51. The van der Waals surface area contributed by atoms with Crippen LogP contribution in [0.25, 0.3) is 21.9 Å². The topological polar surface area (TPSA) is 85.4 Å². The number of hydrogen-bond acceptors (Lipinski definition) is 4. The second-order valence-corrected chi connectivity index (χ2v) is 8.22. The number of pyridine rings is 1. The van der Waals surface area contributed by atoms with E-state index >= 15 is 0 Å². The second kappa shape index (κ2) is 8.35. The molecule has 5 rings (SSSR count). The molecule has 1 unspecified atom stereocenters. The lowest BCUT2D eigenvalue weighted by Gasteiger charge is -2.28. The summed E-state index contributed by atoms with van der Waals surface area (Å²) in [5, 5.41) is 11.3. The minimum Gasteiger partial charge on any atom is -0.485 e. The number of carbonyl (C=O) groups is 1. The molecule has 1 aliphatic carbocycles. The Morgan fingerprint density at radius 1 is 1.06 bits per heavy atom. The van der Waals surface area contributed by atoms with Crippen LogP contribution in [0, 0.1) is 0 Å². The number of nitrogens with two attached hydrogens (primary N) is 1. The number of carboxylic acid groups (broad SMARTS) is 1. The number of benzene rings is 3. The predicted octanol–water partition coefficient (Wildman–Crippen LogP) is 5.57. The van der Waals surface area contributed by atoms with Gasteiger partial charge in [-0.2, -0.15) is 0 Å². The monoisotopic (exact) mass is 424 g/mol. The Morgan fingerprint density at radius 2 is 1.88 bits per heavy atom. The maximum Gasteiger partial charge on any atom is 0.307 e. The molecule has 0 saturated heterocycles. The van der Waals surface area contributed by atoms with E-state index in [2.05, 4.69) is 41.4 Å². The summed E-state index contributed by atoms with van der Waals surface area (Å²) < 4.78 is 6.40. The first kappa shape index (κ1) is 20.1. The molecule has 5 heteroatoms. The lowest BCUT2D eigenvalue weighted by molar-refractivity contribution is -0.136. The summed E-state index contributed by atoms with van der Waals surface area (Å²) in [5.74, 6) is 0.304. The van der Waals surface area contributed by atoms with Crippen molar-refractivity contribution in [2.45, 2.75) is 31.8 Å². The first-order valence-corrected chi connectivity index (χ1v) is 10.8. The van der Waals surface area contributed by atoms with Gasteiger partial charge in [0.15, 0.2) is 0 Å². The van der Waals surface area contributed by atoms with Gasteiger partial charge in [0.1, 0.15) is 17.7 Å². The van der Waals surface area contributed by atoms with E-state index in [4.69, 9.17) is 10.5 Å². The third kappa shape index (κ3) is 3.89. The summed E-state index contributed by atoms with van der Waals surface area (Å²) in [5.41, 5.74) is 11.4. The van der Waals surface area contributed by atoms with E-state index in [-0.39, 0.29) is 12.5 Å². The van der Waals surface area contributed by atoms with E-state index in [9.17, 15) is 9.90 Å². The maximum absolute atomic E-state index is 11.3. The maximum atomic E-state index is 11.3. The number of fused-ring (bicyclic) bond motifs is 2. The first-order chi connectivity index (χ1) is 15.6. The van der Waals surface area contributed by atoms with Crippen molar-refractivity contribution >= 4 is 22.6 Å². The molecule has 1 heterocycles. The number of nitrogen functional groups attached to an aromatic ring is 1. The summed E-state index contributed by atoms with van der Waals surface area (Å²) in [7, 11) is 0. The molecule has 0 fully saturated rings. The Kier molecular flexibility index (Phi) is 5.23. The minimum atomic E-state index is -0.863. The van der Waals surface area contributed by atoms with Gasteiger partial charge < -0.3 is 15.6 Å². The molecule has 0 amide bonds. The molecule has 0 spiro atoms. The van der Waals surface area contributed by atoms with E-state index < -0.39 is 5.97 Å². The fraction of sp³-hybridized carbons (Fsp3) is 0.185.